The quantitative estimate of drug-likeness (QED) is 0.590. The average molecular weight is 294 g/mol. The predicted molar refractivity (Wildman–Crippen MR) is 79.1 cm³/mol. The number of Topliss-reactive ketones (excluding diaryl/α,β-unsaturated/α-hetero) is 1. The highest BCUT2D eigenvalue weighted by Crippen LogP contribution is 2.59. The summed E-state index contributed by atoms with van der Waals surface area (Å²) in [6, 6.07) is 0. The SMILES string of the molecule is CO[C@@H]1C(=O)[C@H](C)C[C@]2(CO2)[C@H]1[C@@]1(C)O[C@@H]1CC=C(C)C. The molecule has 0 unspecified atom stereocenters. The van der Waals surface area contributed by atoms with Gasteiger partial charge in [0.1, 0.15) is 17.3 Å². The number of carbonyl (C=O) groups is 1. The first-order valence-electron chi connectivity index (χ1n) is 7.86. The molecule has 118 valence electrons. The third-order valence-electron chi connectivity index (χ3n) is 5.39. The average Bonchev–Trinajstić information content (AvgIpc) is 3.31. The lowest BCUT2D eigenvalue weighted by atomic mass is 9.66. The van der Waals surface area contributed by atoms with Gasteiger partial charge in [-0.15, -0.1) is 0 Å². The van der Waals surface area contributed by atoms with Crippen molar-refractivity contribution in [2.45, 2.75) is 63.9 Å². The molecule has 1 aliphatic carbocycles. The van der Waals surface area contributed by atoms with E-state index in [1.165, 1.54) is 5.57 Å². The zero-order valence-corrected chi connectivity index (χ0v) is 13.6. The molecule has 0 aromatic heterocycles. The molecule has 3 aliphatic rings. The topological polar surface area (TPSA) is 51.4 Å². The molecule has 0 radical (unpaired) electrons. The highest BCUT2D eigenvalue weighted by molar-refractivity contribution is 5.87. The Labute approximate surface area is 126 Å². The Morgan fingerprint density at radius 3 is 2.67 bits per heavy atom. The van der Waals surface area contributed by atoms with Crippen LogP contribution in [0, 0.1) is 11.8 Å². The van der Waals surface area contributed by atoms with E-state index in [1.54, 1.807) is 7.11 Å². The van der Waals surface area contributed by atoms with Gasteiger partial charge in [0.05, 0.1) is 18.6 Å². The van der Waals surface area contributed by atoms with Gasteiger partial charge < -0.3 is 14.2 Å². The van der Waals surface area contributed by atoms with Gasteiger partial charge in [0.15, 0.2) is 5.78 Å². The van der Waals surface area contributed by atoms with Gasteiger partial charge in [0.2, 0.25) is 0 Å². The smallest absolute Gasteiger partial charge is 0.164 e. The van der Waals surface area contributed by atoms with Gasteiger partial charge in [-0.3, -0.25) is 4.79 Å². The molecule has 6 atom stereocenters. The number of rotatable bonds is 4. The molecule has 0 bridgehead atoms. The van der Waals surface area contributed by atoms with Crippen LogP contribution in [0.25, 0.3) is 0 Å². The lowest BCUT2D eigenvalue weighted by Gasteiger charge is -2.40. The molecule has 2 heterocycles. The van der Waals surface area contributed by atoms with Gasteiger partial charge in [0, 0.05) is 13.0 Å². The van der Waals surface area contributed by atoms with Crippen LogP contribution < -0.4 is 0 Å². The van der Waals surface area contributed by atoms with Crippen molar-refractivity contribution in [3.8, 4) is 0 Å². The number of hydrogen-bond donors (Lipinski definition) is 0. The molecule has 0 aromatic carbocycles. The molecule has 3 rings (SSSR count). The van der Waals surface area contributed by atoms with Crippen molar-refractivity contribution in [1.82, 2.24) is 0 Å². The monoisotopic (exact) mass is 294 g/mol. The standard InChI is InChI=1S/C17H26O4/c1-10(2)6-7-12-16(4,21-12)15-14(19-5)13(18)11(3)8-17(15)9-20-17/h6,11-12,14-15H,7-9H2,1-5H3/t11-,12-,14-,15-,16+,17+/m1/s1. The molecule has 3 fully saturated rings. The molecule has 0 aromatic rings. The van der Waals surface area contributed by atoms with Crippen molar-refractivity contribution in [2.75, 3.05) is 13.7 Å². The maximum atomic E-state index is 12.5. The first-order valence-corrected chi connectivity index (χ1v) is 7.86. The summed E-state index contributed by atoms with van der Waals surface area (Å²) in [4.78, 5) is 12.5. The number of ether oxygens (including phenoxy) is 3. The number of carbonyl (C=O) groups excluding carboxylic acids is 1. The van der Waals surface area contributed by atoms with Crippen LogP contribution in [0.4, 0.5) is 0 Å². The van der Waals surface area contributed by atoms with E-state index in [-0.39, 0.29) is 34.9 Å². The molecule has 0 amide bonds. The lowest BCUT2D eigenvalue weighted by molar-refractivity contribution is -0.148. The van der Waals surface area contributed by atoms with Crippen molar-refractivity contribution < 1.29 is 19.0 Å². The van der Waals surface area contributed by atoms with E-state index in [0.29, 0.717) is 0 Å². The largest absolute Gasteiger partial charge is 0.373 e. The Bertz CT molecular complexity index is 475. The summed E-state index contributed by atoms with van der Waals surface area (Å²) in [6.45, 7) is 9.00. The number of ketones is 1. The maximum absolute atomic E-state index is 12.5. The first kappa shape index (κ1) is 15.2. The van der Waals surface area contributed by atoms with Crippen molar-refractivity contribution in [1.29, 1.82) is 0 Å². The van der Waals surface area contributed by atoms with Crippen LogP contribution in [0.1, 0.15) is 40.5 Å². The molecule has 2 saturated heterocycles. The van der Waals surface area contributed by atoms with Gasteiger partial charge in [0.25, 0.3) is 0 Å². The van der Waals surface area contributed by atoms with Crippen molar-refractivity contribution in [3.05, 3.63) is 11.6 Å². The summed E-state index contributed by atoms with van der Waals surface area (Å²) in [6.07, 6.45) is 3.65. The summed E-state index contributed by atoms with van der Waals surface area (Å²) >= 11 is 0. The van der Waals surface area contributed by atoms with Crippen LogP contribution >= 0.6 is 0 Å². The fourth-order valence-electron chi connectivity index (χ4n) is 4.10. The second-order valence-electron chi connectivity index (χ2n) is 7.30. The molecule has 4 nitrogen and oxygen atoms in total. The van der Waals surface area contributed by atoms with Gasteiger partial charge in [-0.25, -0.2) is 0 Å². The van der Waals surface area contributed by atoms with Crippen LogP contribution in [0.5, 0.6) is 0 Å². The number of hydrogen-bond acceptors (Lipinski definition) is 4. The van der Waals surface area contributed by atoms with Crippen LogP contribution in [-0.2, 0) is 19.0 Å². The van der Waals surface area contributed by atoms with Crippen LogP contribution in [-0.4, -0.2) is 42.9 Å². The minimum absolute atomic E-state index is 0.00674. The highest BCUT2D eigenvalue weighted by atomic mass is 16.6. The second kappa shape index (κ2) is 4.90. The molecule has 21 heavy (non-hydrogen) atoms. The van der Waals surface area contributed by atoms with E-state index in [9.17, 15) is 4.79 Å². The zero-order chi connectivity index (χ0) is 15.4. The number of methoxy groups -OCH3 is 1. The Hall–Kier alpha value is -0.710. The van der Waals surface area contributed by atoms with Crippen LogP contribution in [0.2, 0.25) is 0 Å². The van der Waals surface area contributed by atoms with Gasteiger partial charge in [-0.2, -0.15) is 0 Å². The summed E-state index contributed by atoms with van der Waals surface area (Å²) in [5.41, 5.74) is 0.781. The lowest BCUT2D eigenvalue weighted by Crippen LogP contribution is -2.55. The van der Waals surface area contributed by atoms with Crippen LogP contribution in [0.3, 0.4) is 0 Å². The first-order chi connectivity index (χ1) is 9.84. The maximum Gasteiger partial charge on any atom is 0.164 e. The second-order valence-corrected chi connectivity index (χ2v) is 7.30. The number of epoxide rings is 2. The fraction of sp³-hybridized carbons (Fsp3) is 0.824. The summed E-state index contributed by atoms with van der Waals surface area (Å²) in [5.74, 6) is 0.211. The van der Waals surface area contributed by atoms with E-state index in [2.05, 4.69) is 26.8 Å². The minimum atomic E-state index is -0.405. The van der Waals surface area contributed by atoms with E-state index in [0.717, 1.165) is 19.4 Å². The zero-order valence-electron chi connectivity index (χ0n) is 13.6. The Kier molecular flexibility index (Phi) is 3.55. The highest BCUT2D eigenvalue weighted by Gasteiger charge is 2.72. The Morgan fingerprint density at radius 2 is 2.14 bits per heavy atom. The predicted octanol–water partition coefficient (Wildman–Crippen LogP) is 2.51. The van der Waals surface area contributed by atoms with Crippen molar-refractivity contribution in [2.24, 2.45) is 11.8 Å². The van der Waals surface area contributed by atoms with Gasteiger partial charge >= 0.3 is 0 Å². The molecule has 1 spiro atoms. The minimum Gasteiger partial charge on any atom is -0.373 e. The molecule has 0 N–H and O–H groups in total. The van der Waals surface area contributed by atoms with E-state index < -0.39 is 6.10 Å². The Balaban J connectivity index is 1.82. The number of allylic oxidation sites excluding steroid dienone is 1. The van der Waals surface area contributed by atoms with E-state index >= 15 is 0 Å². The summed E-state index contributed by atoms with van der Waals surface area (Å²) < 4.78 is 17.4. The molecule has 2 aliphatic heterocycles. The van der Waals surface area contributed by atoms with E-state index in [1.807, 2.05) is 6.92 Å². The van der Waals surface area contributed by atoms with Crippen LogP contribution in [0.15, 0.2) is 11.6 Å². The van der Waals surface area contributed by atoms with Gasteiger partial charge in [-0.1, -0.05) is 18.6 Å². The van der Waals surface area contributed by atoms with E-state index in [4.69, 9.17) is 14.2 Å². The third-order valence-corrected chi connectivity index (χ3v) is 5.39. The summed E-state index contributed by atoms with van der Waals surface area (Å²) in [5, 5.41) is 0. The third kappa shape index (κ3) is 2.37. The molecular weight excluding hydrogens is 268 g/mol. The molecular formula is C17H26O4. The fourth-order valence-corrected chi connectivity index (χ4v) is 4.10. The normalized spacial score (nSPS) is 48.3. The van der Waals surface area contributed by atoms with Gasteiger partial charge in [-0.05, 0) is 33.6 Å². The molecule has 4 heteroatoms. The van der Waals surface area contributed by atoms with Crippen molar-refractivity contribution in [3.63, 3.8) is 0 Å². The Morgan fingerprint density at radius 1 is 1.48 bits per heavy atom. The van der Waals surface area contributed by atoms with Crippen molar-refractivity contribution >= 4 is 5.78 Å². The molecule has 1 saturated carbocycles. The summed E-state index contributed by atoms with van der Waals surface area (Å²) in [7, 11) is 1.63.